The van der Waals surface area contributed by atoms with Crippen molar-refractivity contribution in [2.75, 3.05) is 16.0 Å². The van der Waals surface area contributed by atoms with Crippen LogP contribution in [0.2, 0.25) is 0 Å². The molecule has 2 amide bonds. The topological polar surface area (TPSA) is 49.4 Å². The van der Waals surface area contributed by atoms with E-state index in [0.29, 0.717) is 22.7 Å². The second-order valence-corrected chi connectivity index (χ2v) is 8.39. The summed E-state index contributed by atoms with van der Waals surface area (Å²) in [4.78, 5) is 26.4. The molecule has 0 bridgehead atoms. The van der Waals surface area contributed by atoms with Crippen molar-refractivity contribution in [1.82, 2.24) is 0 Å². The number of nitrogens with one attached hydrogen (secondary N) is 1. The molecule has 1 aliphatic rings. The molecule has 1 N–H and O–H groups in total. The Balaban J connectivity index is 1.54. The second-order valence-electron chi connectivity index (χ2n) is 7.32. The van der Waals surface area contributed by atoms with Crippen molar-refractivity contribution in [3.05, 3.63) is 94.8 Å². The van der Waals surface area contributed by atoms with Gasteiger partial charge in [-0.15, -0.1) is 11.8 Å². The highest BCUT2D eigenvalue weighted by Gasteiger charge is 2.35. The smallest absolute Gasteiger partial charge is 0.255 e. The fourth-order valence-corrected chi connectivity index (χ4v) is 4.55. The standard InChI is InChI=1S/C24H21FN2O2S/c1-15-3-6-17(7-4-15)23(29)26-19-10-8-18(9-11-19)24-27(22(28)14-30-24)21-13-16(2)5-12-20(21)25/h3-13,24H,14H2,1-2H3,(H,26,29)/t24-/m1/s1. The number of amides is 2. The van der Waals surface area contributed by atoms with E-state index in [2.05, 4.69) is 5.32 Å². The first kappa shape index (κ1) is 20.2. The predicted octanol–water partition coefficient (Wildman–Crippen LogP) is 5.47. The van der Waals surface area contributed by atoms with E-state index in [1.807, 2.05) is 38.1 Å². The number of hydrogen-bond acceptors (Lipinski definition) is 3. The summed E-state index contributed by atoms with van der Waals surface area (Å²) in [7, 11) is 0. The number of halogens is 1. The lowest BCUT2D eigenvalue weighted by molar-refractivity contribution is -0.115. The molecule has 6 heteroatoms. The maximum absolute atomic E-state index is 14.4. The monoisotopic (exact) mass is 420 g/mol. The minimum Gasteiger partial charge on any atom is -0.322 e. The Morgan fingerprint density at radius 2 is 1.67 bits per heavy atom. The van der Waals surface area contributed by atoms with Crippen molar-refractivity contribution >= 4 is 35.0 Å². The molecule has 0 unspecified atom stereocenters. The van der Waals surface area contributed by atoms with Crippen LogP contribution in [-0.2, 0) is 4.79 Å². The Labute approximate surface area is 179 Å². The van der Waals surface area contributed by atoms with E-state index >= 15 is 0 Å². The number of hydrogen-bond donors (Lipinski definition) is 1. The maximum atomic E-state index is 14.4. The number of anilines is 2. The third-order valence-electron chi connectivity index (χ3n) is 5.00. The maximum Gasteiger partial charge on any atom is 0.255 e. The molecule has 0 saturated carbocycles. The third-order valence-corrected chi connectivity index (χ3v) is 6.21. The lowest BCUT2D eigenvalue weighted by Gasteiger charge is -2.25. The van der Waals surface area contributed by atoms with Gasteiger partial charge in [0, 0.05) is 11.3 Å². The van der Waals surface area contributed by atoms with Crippen molar-refractivity contribution < 1.29 is 14.0 Å². The summed E-state index contributed by atoms with van der Waals surface area (Å²) in [6.45, 7) is 3.84. The van der Waals surface area contributed by atoms with Crippen LogP contribution in [0.3, 0.4) is 0 Å². The average Bonchev–Trinajstić information content (AvgIpc) is 3.12. The Hall–Kier alpha value is -3.12. The molecule has 1 aliphatic heterocycles. The summed E-state index contributed by atoms with van der Waals surface area (Å²) in [5, 5.41) is 2.57. The number of nitrogens with zero attached hydrogens (tertiary/aromatic N) is 1. The summed E-state index contributed by atoms with van der Waals surface area (Å²) in [5.41, 5.74) is 4.40. The largest absolute Gasteiger partial charge is 0.322 e. The van der Waals surface area contributed by atoms with Gasteiger partial charge in [-0.1, -0.05) is 35.9 Å². The minimum atomic E-state index is -0.413. The Kier molecular flexibility index (Phi) is 5.59. The molecule has 0 aromatic heterocycles. The fraction of sp³-hybridized carbons (Fsp3) is 0.167. The van der Waals surface area contributed by atoms with Crippen LogP contribution in [0.25, 0.3) is 0 Å². The lowest BCUT2D eigenvalue weighted by Crippen LogP contribution is -2.28. The van der Waals surface area contributed by atoms with Gasteiger partial charge in [0.1, 0.15) is 11.2 Å². The van der Waals surface area contributed by atoms with Gasteiger partial charge in [-0.3, -0.25) is 14.5 Å². The Bertz CT molecular complexity index is 1100. The van der Waals surface area contributed by atoms with Crippen molar-refractivity contribution in [2.24, 2.45) is 0 Å². The van der Waals surface area contributed by atoms with Crippen LogP contribution in [0.15, 0.2) is 66.7 Å². The van der Waals surface area contributed by atoms with E-state index in [9.17, 15) is 14.0 Å². The zero-order valence-corrected chi connectivity index (χ0v) is 17.5. The molecule has 1 heterocycles. The van der Waals surface area contributed by atoms with E-state index in [0.717, 1.165) is 16.7 Å². The van der Waals surface area contributed by atoms with Gasteiger partial charge in [-0.2, -0.15) is 0 Å². The zero-order chi connectivity index (χ0) is 21.3. The molecule has 1 saturated heterocycles. The summed E-state index contributed by atoms with van der Waals surface area (Å²) in [5.74, 6) is -0.421. The van der Waals surface area contributed by atoms with Gasteiger partial charge in [0.05, 0.1) is 11.4 Å². The van der Waals surface area contributed by atoms with E-state index in [1.165, 1.54) is 22.7 Å². The highest BCUT2D eigenvalue weighted by Crippen LogP contribution is 2.43. The highest BCUT2D eigenvalue weighted by molar-refractivity contribution is 8.00. The lowest BCUT2D eigenvalue weighted by atomic mass is 10.1. The van der Waals surface area contributed by atoms with Gasteiger partial charge >= 0.3 is 0 Å². The molecular formula is C24H21FN2O2S. The first-order valence-corrected chi connectivity index (χ1v) is 10.6. The first-order valence-electron chi connectivity index (χ1n) is 9.60. The van der Waals surface area contributed by atoms with Crippen LogP contribution < -0.4 is 10.2 Å². The van der Waals surface area contributed by atoms with Crippen molar-refractivity contribution in [3.8, 4) is 0 Å². The Morgan fingerprint density at radius 3 is 2.37 bits per heavy atom. The Morgan fingerprint density at radius 1 is 1.00 bits per heavy atom. The molecule has 0 aliphatic carbocycles. The molecule has 4 rings (SSSR count). The molecule has 0 radical (unpaired) electrons. The van der Waals surface area contributed by atoms with Gasteiger partial charge in [0.25, 0.3) is 5.91 Å². The van der Waals surface area contributed by atoms with Gasteiger partial charge in [0.15, 0.2) is 0 Å². The molecule has 3 aromatic carbocycles. The van der Waals surface area contributed by atoms with Crippen LogP contribution in [-0.4, -0.2) is 17.6 Å². The number of rotatable bonds is 4. The summed E-state index contributed by atoms with van der Waals surface area (Å²) in [6, 6.07) is 19.5. The second kappa shape index (κ2) is 8.32. The molecule has 0 spiro atoms. The van der Waals surface area contributed by atoms with Crippen molar-refractivity contribution in [2.45, 2.75) is 19.2 Å². The van der Waals surface area contributed by atoms with Gasteiger partial charge in [0.2, 0.25) is 5.91 Å². The first-order chi connectivity index (χ1) is 14.4. The molecular weight excluding hydrogens is 399 g/mol. The van der Waals surface area contributed by atoms with Crippen molar-refractivity contribution in [1.29, 1.82) is 0 Å². The number of carbonyl (C=O) groups is 2. The minimum absolute atomic E-state index is 0.119. The molecule has 4 nitrogen and oxygen atoms in total. The molecule has 30 heavy (non-hydrogen) atoms. The van der Waals surface area contributed by atoms with Crippen LogP contribution in [0, 0.1) is 19.7 Å². The van der Waals surface area contributed by atoms with E-state index in [-0.39, 0.29) is 17.2 Å². The van der Waals surface area contributed by atoms with E-state index < -0.39 is 5.82 Å². The SMILES string of the molecule is Cc1ccc(C(=O)Nc2ccc([C@H]3SCC(=O)N3c3cc(C)ccc3F)cc2)cc1. The average molecular weight is 421 g/mol. The van der Waals surface area contributed by atoms with Crippen LogP contribution in [0.4, 0.5) is 15.8 Å². The normalized spacial score (nSPS) is 16.0. The molecule has 1 fully saturated rings. The summed E-state index contributed by atoms with van der Waals surface area (Å²) < 4.78 is 14.4. The summed E-state index contributed by atoms with van der Waals surface area (Å²) in [6.07, 6.45) is 0. The third kappa shape index (κ3) is 4.09. The van der Waals surface area contributed by atoms with Crippen LogP contribution in [0.1, 0.15) is 32.4 Å². The van der Waals surface area contributed by atoms with Gasteiger partial charge < -0.3 is 5.32 Å². The van der Waals surface area contributed by atoms with E-state index in [1.54, 1.807) is 36.4 Å². The van der Waals surface area contributed by atoms with E-state index in [4.69, 9.17) is 0 Å². The van der Waals surface area contributed by atoms with Crippen LogP contribution >= 0.6 is 11.8 Å². The molecule has 3 aromatic rings. The number of benzene rings is 3. The molecule has 1 atom stereocenters. The van der Waals surface area contributed by atoms with Gasteiger partial charge in [-0.25, -0.2) is 4.39 Å². The predicted molar refractivity (Wildman–Crippen MR) is 119 cm³/mol. The number of carbonyl (C=O) groups excluding carboxylic acids is 2. The number of aryl methyl sites for hydroxylation is 2. The van der Waals surface area contributed by atoms with Crippen molar-refractivity contribution in [3.63, 3.8) is 0 Å². The quantitative estimate of drug-likeness (QED) is 0.609. The number of thioether (sulfide) groups is 1. The zero-order valence-electron chi connectivity index (χ0n) is 16.7. The summed E-state index contributed by atoms with van der Waals surface area (Å²) >= 11 is 1.46. The molecule has 152 valence electrons. The van der Waals surface area contributed by atoms with Gasteiger partial charge in [-0.05, 0) is 61.4 Å². The van der Waals surface area contributed by atoms with Crippen LogP contribution in [0.5, 0.6) is 0 Å². The highest BCUT2D eigenvalue weighted by atomic mass is 32.2. The fourth-order valence-electron chi connectivity index (χ4n) is 3.38.